The fraction of sp³-hybridized carbons (Fsp3) is 0.583. The van der Waals surface area contributed by atoms with Crippen molar-refractivity contribution in [2.24, 2.45) is 0 Å². The third-order valence-electron chi connectivity index (χ3n) is 2.65. The quantitative estimate of drug-likeness (QED) is 0.596. The van der Waals surface area contributed by atoms with Gasteiger partial charge in [0, 0.05) is 19.6 Å². The standard InChI is InChI=1S/C12H20N4O2/c1-4-7-13-11-8-10(16(17)18)9-12(14-11)15(5-2)6-3/h8-9H,4-7H2,1-3H3,(H,13,14). The minimum atomic E-state index is -0.383. The SMILES string of the molecule is CCCNc1cc([N+](=O)[O-])cc(N(CC)CC)n1. The van der Waals surface area contributed by atoms with Crippen LogP contribution < -0.4 is 10.2 Å². The highest BCUT2D eigenvalue weighted by Crippen LogP contribution is 2.23. The predicted molar refractivity (Wildman–Crippen MR) is 73.2 cm³/mol. The van der Waals surface area contributed by atoms with Gasteiger partial charge in [0.05, 0.1) is 17.1 Å². The van der Waals surface area contributed by atoms with Gasteiger partial charge in [-0.2, -0.15) is 0 Å². The summed E-state index contributed by atoms with van der Waals surface area (Å²) >= 11 is 0. The number of nitro groups is 1. The molecule has 0 aromatic carbocycles. The molecule has 0 aliphatic carbocycles. The second kappa shape index (κ2) is 6.78. The van der Waals surface area contributed by atoms with Gasteiger partial charge in [0.25, 0.3) is 5.69 Å². The van der Waals surface area contributed by atoms with Crippen molar-refractivity contribution in [1.29, 1.82) is 0 Å². The van der Waals surface area contributed by atoms with E-state index >= 15 is 0 Å². The lowest BCUT2D eigenvalue weighted by Crippen LogP contribution is -2.23. The molecule has 0 aliphatic heterocycles. The minimum Gasteiger partial charge on any atom is -0.370 e. The van der Waals surface area contributed by atoms with Crippen LogP contribution in [0.25, 0.3) is 0 Å². The third-order valence-corrected chi connectivity index (χ3v) is 2.65. The van der Waals surface area contributed by atoms with Crippen LogP contribution in [0, 0.1) is 10.1 Å². The zero-order valence-electron chi connectivity index (χ0n) is 11.1. The van der Waals surface area contributed by atoms with E-state index in [0.717, 1.165) is 26.1 Å². The van der Waals surface area contributed by atoms with Crippen LogP contribution in [0.15, 0.2) is 12.1 Å². The maximum Gasteiger partial charge on any atom is 0.276 e. The zero-order chi connectivity index (χ0) is 13.5. The lowest BCUT2D eigenvalue weighted by molar-refractivity contribution is -0.384. The fourth-order valence-corrected chi connectivity index (χ4v) is 1.66. The molecule has 100 valence electrons. The van der Waals surface area contributed by atoms with Gasteiger partial charge in [-0.1, -0.05) is 6.92 Å². The molecule has 6 nitrogen and oxygen atoms in total. The van der Waals surface area contributed by atoms with Crippen molar-refractivity contribution < 1.29 is 4.92 Å². The zero-order valence-corrected chi connectivity index (χ0v) is 11.1. The fourth-order valence-electron chi connectivity index (χ4n) is 1.66. The average Bonchev–Trinajstić information content (AvgIpc) is 2.37. The number of anilines is 2. The van der Waals surface area contributed by atoms with E-state index in [9.17, 15) is 10.1 Å². The van der Waals surface area contributed by atoms with E-state index in [1.54, 1.807) is 0 Å². The topological polar surface area (TPSA) is 71.3 Å². The van der Waals surface area contributed by atoms with Crippen LogP contribution in [-0.2, 0) is 0 Å². The molecular formula is C12H20N4O2. The molecule has 1 aromatic heterocycles. The summed E-state index contributed by atoms with van der Waals surface area (Å²) in [7, 11) is 0. The number of aromatic nitrogens is 1. The van der Waals surface area contributed by atoms with Gasteiger partial charge < -0.3 is 10.2 Å². The average molecular weight is 252 g/mol. The normalized spacial score (nSPS) is 10.2. The second-order valence-electron chi connectivity index (χ2n) is 3.92. The van der Waals surface area contributed by atoms with Gasteiger partial charge in [0.2, 0.25) is 0 Å². The maximum absolute atomic E-state index is 10.9. The van der Waals surface area contributed by atoms with Crippen LogP contribution >= 0.6 is 0 Å². The Morgan fingerprint density at radius 1 is 1.33 bits per heavy atom. The first-order valence-electron chi connectivity index (χ1n) is 6.27. The molecule has 0 unspecified atom stereocenters. The highest BCUT2D eigenvalue weighted by atomic mass is 16.6. The molecule has 0 bridgehead atoms. The minimum absolute atomic E-state index is 0.0745. The Labute approximate surface area is 107 Å². The van der Waals surface area contributed by atoms with Gasteiger partial charge in [-0.3, -0.25) is 10.1 Å². The van der Waals surface area contributed by atoms with Gasteiger partial charge >= 0.3 is 0 Å². The molecular weight excluding hydrogens is 232 g/mol. The molecule has 18 heavy (non-hydrogen) atoms. The number of nitrogens with zero attached hydrogens (tertiary/aromatic N) is 3. The highest BCUT2D eigenvalue weighted by molar-refractivity contribution is 5.55. The first kappa shape index (κ1) is 14.2. The van der Waals surface area contributed by atoms with Crippen molar-refractivity contribution in [1.82, 2.24) is 4.98 Å². The van der Waals surface area contributed by atoms with Crippen LogP contribution in [0.1, 0.15) is 27.2 Å². The molecule has 6 heteroatoms. The van der Waals surface area contributed by atoms with E-state index < -0.39 is 0 Å². The van der Waals surface area contributed by atoms with E-state index in [0.29, 0.717) is 11.6 Å². The summed E-state index contributed by atoms with van der Waals surface area (Å²) in [5, 5.41) is 14.0. The van der Waals surface area contributed by atoms with E-state index in [4.69, 9.17) is 0 Å². The Morgan fingerprint density at radius 3 is 2.50 bits per heavy atom. The highest BCUT2D eigenvalue weighted by Gasteiger charge is 2.13. The van der Waals surface area contributed by atoms with Crippen molar-refractivity contribution in [3.8, 4) is 0 Å². The molecule has 1 aromatic rings. The molecule has 0 radical (unpaired) electrons. The van der Waals surface area contributed by atoms with Crippen molar-refractivity contribution in [2.75, 3.05) is 29.9 Å². The summed E-state index contributed by atoms with van der Waals surface area (Å²) in [6, 6.07) is 2.99. The summed E-state index contributed by atoms with van der Waals surface area (Å²) in [6.45, 7) is 8.35. The van der Waals surface area contributed by atoms with Crippen LogP contribution in [0.5, 0.6) is 0 Å². The van der Waals surface area contributed by atoms with Crippen molar-refractivity contribution in [3.05, 3.63) is 22.2 Å². The molecule has 0 spiro atoms. The Bertz CT molecular complexity index is 405. The van der Waals surface area contributed by atoms with E-state index in [1.807, 2.05) is 25.7 Å². The van der Waals surface area contributed by atoms with Crippen molar-refractivity contribution in [2.45, 2.75) is 27.2 Å². The Balaban J connectivity index is 3.08. The monoisotopic (exact) mass is 252 g/mol. The first-order chi connectivity index (χ1) is 8.62. The second-order valence-corrected chi connectivity index (χ2v) is 3.92. The molecule has 0 saturated carbocycles. The Hall–Kier alpha value is -1.85. The summed E-state index contributed by atoms with van der Waals surface area (Å²) in [5.74, 6) is 1.21. The Kier molecular flexibility index (Phi) is 5.35. The van der Waals surface area contributed by atoms with Crippen molar-refractivity contribution in [3.63, 3.8) is 0 Å². The summed E-state index contributed by atoms with van der Waals surface area (Å²) < 4.78 is 0. The van der Waals surface area contributed by atoms with Gasteiger partial charge in [-0.25, -0.2) is 4.98 Å². The van der Waals surface area contributed by atoms with E-state index in [2.05, 4.69) is 10.3 Å². The van der Waals surface area contributed by atoms with Gasteiger partial charge in [-0.15, -0.1) is 0 Å². The maximum atomic E-state index is 10.9. The number of nitrogens with one attached hydrogen (secondary N) is 1. The van der Waals surface area contributed by atoms with Crippen molar-refractivity contribution >= 4 is 17.3 Å². The molecule has 0 amide bonds. The largest absolute Gasteiger partial charge is 0.370 e. The number of hydrogen-bond donors (Lipinski definition) is 1. The summed E-state index contributed by atoms with van der Waals surface area (Å²) in [4.78, 5) is 16.9. The first-order valence-corrected chi connectivity index (χ1v) is 6.27. The lowest BCUT2D eigenvalue weighted by atomic mass is 10.3. The summed E-state index contributed by atoms with van der Waals surface area (Å²) in [6.07, 6.45) is 0.949. The number of hydrogen-bond acceptors (Lipinski definition) is 5. The van der Waals surface area contributed by atoms with Crippen LogP contribution in [0.2, 0.25) is 0 Å². The Morgan fingerprint density at radius 2 is 2.00 bits per heavy atom. The molecule has 1 heterocycles. The van der Waals surface area contributed by atoms with Crippen LogP contribution in [0.4, 0.5) is 17.3 Å². The number of pyridine rings is 1. The third kappa shape index (κ3) is 3.58. The summed E-state index contributed by atoms with van der Waals surface area (Å²) in [5.41, 5.74) is 0.0745. The van der Waals surface area contributed by atoms with Crippen LogP contribution in [-0.4, -0.2) is 29.5 Å². The smallest absolute Gasteiger partial charge is 0.276 e. The van der Waals surface area contributed by atoms with Crippen LogP contribution in [0.3, 0.4) is 0 Å². The molecule has 1 rings (SSSR count). The van der Waals surface area contributed by atoms with Gasteiger partial charge in [0.1, 0.15) is 11.6 Å². The lowest BCUT2D eigenvalue weighted by Gasteiger charge is -2.20. The van der Waals surface area contributed by atoms with E-state index in [-0.39, 0.29) is 10.6 Å². The molecule has 0 aliphatic rings. The molecule has 0 fully saturated rings. The number of rotatable bonds is 7. The van der Waals surface area contributed by atoms with Gasteiger partial charge in [0.15, 0.2) is 0 Å². The molecule has 1 N–H and O–H groups in total. The predicted octanol–water partition coefficient (Wildman–Crippen LogP) is 2.66. The molecule has 0 atom stereocenters. The van der Waals surface area contributed by atoms with Gasteiger partial charge in [-0.05, 0) is 20.3 Å². The van der Waals surface area contributed by atoms with E-state index in [1.165, 1.54) is 12.1 Å². The molecule has 0 saturated heterocycles.